The van der Waals surface area contributed by atoms with Crippen LogP contribution in [-0.4, -0.2) is 128 Å². The molecule has 12 nitrogen and oxygen atoms in total. The van der Waals surface area contributed by atoms with Crippen LogP contribution in [-0.2, 0) is 28.6 Å². The van der Waals surface area contributed by atoms with Gasteiger partial charge in [-0.2, -0.15) is 5.06 Å². The predicted molar refractivity (Wildman–Crippen MR) is 204 cm³/mol. The Labute approximate surface area is 324 Å². The van der Waals surface area contributed by atoms with Crippen LogP contribution in [0.3, 0.4) is 0 Å². The van der Waals surface area contributed by atoms with Crippen LogP contribution in [0.2, 0.25) is 0 Å². The van der Waals surface area contributed by atoms with E-state index in [0.29, 0.717) is 60.9 Å². The highest BCUT2D eigenvalue weighted by Crippen LogP contribution is 2.61. The van der Waals surface area contributed by atoms with Crippen molar-refractivity contribution in [2.45, 2.75) is 147 Å². The number of aliphatic hydroxyl groups excluding tert-OH is 2. The van der Waals surface area contributed by atoms with Crippen molar-refractivity contribution in [1.29, 1.82) is 0 Å². The first-order valence-electron chi connectivity index (χ1n) is 21.5. The molecule has 12 heteroatoms. The largest absolute Gasteiger partial charge is 0.394 e. The zero-order chi connectivity index (χ0) is 38.5. The summed E-state index contributed by atoms with van der Waals surface area (Å²) < 4.78 is 17.9. The fraction of sp³-hybridized carbons (Fsp3) is 0.952. The van der Waals surface area contributed by atoms with Crippen molar-refractivity contribution in [3.63, 3.8) is 0 Å². The maximum atomic E-state index is 14.3. The van der Waals surface area contributed by atoms with Crippen LogP contribution in [0, 0.1) is 58.7 Å². The smallest absolute Gasteiger partial charge is 0.240 e. The molecule has 2 heterocycles. The Morgan fingerprint density at radius 2 is 1.78 bits per heavy atom. The third kappa shape index (κ3) is 8.03. The highest BCUT2D eigenvalue weighted by Gasteiger charge is 2.58. The molecule has 8 aliphatic rings. The predicted octanol–water partition coefficient (Wildman–Crippen LogP) is 3.58. The number of aliphatic hydroxyl groups is 2. The quantitative estimate of drug-likeness (QED) is 0.233. The van der Waals surface area contributed by atoms with E-state index in [2.05, 4.69) is 50.4 Å². The van der Waals surface area contributed by atoms with Gasteiger partial charge in [0.2, 0.25) is 11.8 Å². The first-order chi connectivity index (χ1) is 25.8. The lowest BCUT2D eigenvalue weighted by atomic mass is 9.45. The Morgan fingerprint density at radius 1 is 1.00 bits per heavy atom. The van der Waals surface area contributed by atoms with E-state index in [1.807, 2.05) is 7.11 Å². The number of carbonyl (C=O) groups is 2. The SMILES string of the molecule is COC1C(CN2O[C@@H](CO)[C@H]([C@H](C)O)[C@H]2C(=O)N[C@H]2C[C@H]3C[C@@H]([C@@H]2C)C3(C)C)CCCC1C1CC(C(=O)NCC2CCC3OCOC3C2)CC(N(C)C)C1. The number of hydroxylamine groups is 2. The number of amides is 2. The van der Waals surface area contributed by atoms with Gasteiger partial charge in [0, 0.05) is 50.0 Å². The van der Waals surface area contributed by atoms with Crippen LogP contribution >= 0.6 is 0 Å². The van der Waals surface area contributed by atoms with Gasteiger partial charge < -0.3 is 40.0 Å². The highest BCUT2D eigenvalue weighted by atomic mass is 16.7. The van der Waals surface area contributed by atoms with Crippen molar-refractivity contribution in [3.8, 4) is 0 Å². The third-order valence-corrected chi connectivity index (χ3v) is 16.1. The van der Waals surface area contributed by atoms with E-state index >= 15 is 0 Å². The number of fused-ring (bicyclic) bond motifs is 3. The molecule has 6 saturated carbocycles. The summed E-state index contributed by atoms with van der Waals surface area (Å²) in [5.41, 5.74) is 0.314. The summed E-state index contributed by atoms with van der Waals surface area (Å²) in [6, 6.07) is -0.304. The molecule has 8 rings (SSSR count). The van der Waals surface area contributed by atoms with Crippen molar-refractivity contribution < 1.29 is 38.9 Å². The van der Waals surface area contributed by atoms with Crippen LogP contribution in [0.5, 0.6) is 0 Å². The molecule has 0 aromatic heterocycles. The van der Waals surface area contributed by atoms with Gasteiger partial charge in [-0.15, -0.1) is 0 Å². The van der Waals surface area contributed by atoms with Gasteiger partial charge in [-0.05, 0) is 126 Å². The van der Waals surface area contributed by atoms with Gasteiger partial charge in [0.15, 0.2) is 0 Å². The number of hydrogen-bond donors (Lipinski definition) is 4. The summed E-state index contributed by atoms with van der Waals surface area (Å²) in [4.78, 5) is 36.9. The van der Waals surface area contributed by atoms with Gasteiger partial charge in [0.25, 0.3) is 0 Å². The molecule has 2 amide bonds. The molecule has 54 heavy (non-hydrogen) atoms. The summed E-state index contributed by atoms with van der Waals surface area (Å²) in [7, 11) is 6.07. The summed E-state index contributed by atoms with van der Waals surface area (Å²) >= 11 is 0. The molecule has 8 fully saturated rings. The second-order valence-electron chi connectivity index (χ2n) is 19.5. The number of nitrogens with one attached hydrogen (secondary N) is 2. The zero-order valence-corrected chi connectivity index (χ0v) is 34.2. The van der Waals surface area contributed by atoms with E-state index in [-0.39, 0.29) is 60.5 Å². The lowest BCUT2D eigenvalue weighted by molar-refractivity contribution is -0.193. The second kappa shape index (κ2) is 16.8. The minimum Gasteiger partial charge on any atom is -0.394 e. The van der Waals surface area contributed by atoms with Crippen LogP contribution in [0.15, 0.2) is 0 Å². The number of hydrogen-bond acceptors (Lipinski definition) is 10. The van der Waals surface area contributed by atoms with Gasteiger partial charge in [0.05, 0.1) is 31.0 Å². The normalized spacial score (nSPS) is 45.4. The van der Waals surface area contributed by atoms with Crippen molar-refractivity contribution in [2.75, 3.05) is 47.7 Å². The van der Waals surface area contributed by atoms with E-state index in [4.69, 9.17) is 19.0 Å². The molecular formula is C42H72N4O8. The number of methoxy groups -OCH3 is 1. The summed E-state index contributed by atoms with van der Waals surface area (Å²) in [5, 5.41) is 30.0. The first kappa shape index (κ1) is 40.8. The number of ether oxygens (including phenoxy) is 3. The topological polar surface area (TPSA) is 142 Å². The fourth-order valence-corrected chi connectivity index (χ4v) is 12.8. The molecule has 0 radical (unpaired) electrons. The molecule has 17 atom stereocenters. The second-order valence-corrected chi connectivity index (χ2v) is 19.5. The fourth-order valence-electron chi connectivity index (χ4n) is 12.8. The van der Waals surface area contributed by atoms with E-state index in [0.717, 1.165) is 64.2 Å². The average Bonchev–Trinajstić information content (AvgIpc) is 3.78. The molecule has 6 aliphatic carbocycles. The van der Waals surface area contributed by atoms with Gasteiger partial charge in [-0.25, -0.2) is 0 Å². The lowest BCUT2D eigenvalue weighted by Gasteiger charge is -2.62. The van der Waals surface area contributed by atoms with Crippen LogP contribution in [0.25, 0.3) is 0 Å². The van der Waals surface area contributed by atoms with Crippen LogP contribution < -0.4 is 10.6 Å². The summed E-state index contributed by atoms with van der Waals surface area (Å²) in [5.74, 6) is 2.16. The zero-order valence-electron chi connectivity index (χ0n) is 34.2. The minimum absolute atomic E-state index is 0.0534. The first-order valence-corrected chi connectivity index (χ1v) is 21.5. The number of rotatable bonds is 12. The third-order valence-electron chi connectivity index (χ3n) is 16.1. The molecule has 2 aliphatic heterocycles. The van der Waals surface area contributed by atoms with Crippen molar-refractivity contribution >= 4 is 11.8 Å². The van der Waals surface area contributed by atoms with Gasteiger partial charge >= 0.3 is 0 Å². The Balaban J connectivity index is 1.02. The molecule has 4 N–H and O–H groups in total. The molecule has 9 unspecified atom stereocenters. The maximum Gasteiger partial charge on any atom is 0.240 e. The molecule has 2 saturated heterocycles. The molecule has 308 valence electrons. The van der Waals surface area contributed by atoms with Crippen LogP contribution in [0.1, 0.15) is 98.3 Å². The van der Waals surface area contributed by atoms with E-state index in [9.17, 15) is 19.8 Å². The summed E-state index contributed by atoms with van der Waals surface area (Å²) in [6.07, 6.45) is 9.77. The number of nitrogens with zero attached hydrogens (tertiary/aromatic N) is 2. The number of carbonyl (C=O) groups excluding carboxylic acids is 2. The van der Waals surface area contributed by atoms with E-state index in [1.54, 1.807) is 12.0 Å². The van der Waals surface area contributed by atoms with Gasteiger partial charge in [-0.1, -0.05) is 27.2 Å². The van der Waals surface area contributed by atoms with E-state index in [1.165, 1.54) is 6.42 Å². The van der Waals surface area contributed by atoms with Crippen molar-refractivity contribution in [2.24, 2.45) is 58.7 Å². The Bertz CT molecular complexity index is 1300. The molecule has 0 aromatic rings. The van der Waals surface area contributed by atoms with Crippen molar-refractivity contribution in [3.05, 3.63) is 0 Å². The average molecular weight is 761 g/mol. The lowest BCUT2D eigenvalue weighted by Crippen LogP contribution is -2.62. The Morgan fingerprint density at radius 3 is 2.46 bits per heavy atom. The molecule has 0 spiro atoms. The van der Waals surface area contributed by atoms with Crippen LogP contribution in [0.4, 0.5) is 0 Å². The standard InChI is InChI=1S/C42H72N4O8/c1-23-32-17-29(42(32,3)4)18-33(23)44-41(50)38-37(24(2)48)36(21-47)54-46(38)20-26-9-8-10-31(39(26)51-7)27-14-28(16-30(15-27)45(5)6)40(49)43-19-25-11-12-34-35(13-25)53-22-52-34/h23-39,47-48H,8-22H2,1-7H3,(H,43,49)(H,44,50)/t23-,24-,25?,26?,27?,28?,29+,30?,31?,32-,33-,34?,35?,36-,37-,38-,39?/m0/s1. The van der Waals surface area contributed by atoms with Crippen molar-refractivity contribution in [1.82, 2.24) is 20.6 Å². The maximum absolute atomic E-state index is 14.3. The molecular weight excluding hydrogens is 688 g/mol. The summed E-state index contributed by atoms with van der Waals surface area (Å²) in [6.45, 7) is 10.0. The van der Waals surface area contributed by atoms with Gasteiger partial charge in [0.1, 0.15) is 18.9 Å². The molecule has 2 bridgehead atoms. The monoisotopic (exact) mass is 761 g/mol. The minimum atomic E-state index is -0.829. The molecule has 0 aromatic carbocycles. The Hall–Kier alpha value is -1.38. The Kier molecular flexibility index (Phi) is 12.7. The van der Waals surface area contributed by atoms with E-state index < -0.39 is 24.2 Å². The van der Waals surface area contributed by atoms with Gasteiger partial charge in [-0.3, -0.25) is 14.4 Å². The highest BCUT2D eigenvalue weighted by molar-refractivity contribution is 5.83.